The molecule has 27 heavy (non-hydrogen) atoms. The summed E-state index contributed by atoms with van der Waals surface area (Å²) < 4.78 is 16.0. The third kappa shape index (κ3) is 3.80. The first-order valence-electron chi connectivity index (χ1n) is 8.38. The summed E-state index contributed by atoms with van der Waals surface area (Å²) in [5, 5.41) is 4.06. The molecule has 2 aromatic heterocycles. The Labute approximate surface area is 161 Å². The van der Waals surface area contributed by atoms with Crippen LogP contribution < -0.4 is 14.8 Å². The van der Waals surface area contributed by atoms with E-state index in [-0.39, 0.29) is 12.1 Å². The molecule has 8 heteroatoms. The van der Waals surface area contributed by atoms with Crippen molar-refractivity contribution in [3.05, 3.63) is 35.0 Å². The highest BCUT2D eigenvalue weighted by atomic mass is 32.1. The summed E-state index contributed by atoms with van der Waals surface area (Å²) in [6.07, 6.45) is 1.28. The molecule has 0 amide bonds. The Balaban J connectivity index is 2.03. The smallest absolute Gasteiger partial charge is 0.348 e. The predicted molar refractivity (Wildman–Crippen MR) is 106 cm³/mol. The van der Waals surface area contributed by atoms with Gasteiger partial charge in [-0.2, -0.15) is 0 Å². The molecular formula is C19H21N3O4S. The van der Waals surface area contributed by atoms with Gasteiger partial charge in [0.15, 0.2) is 0 Å². The molecule has 7 nitrogen and oxygen atoms in total. The third-order valence-corrected chi connectivity index (χ3v) is 5.10. The van der Waals surface area contributed by atoms with Crippen LogP contribution in [0.25, 0.3) is 10.2 Å². The van der Waals surface area contributed by atoms with Gasteiger partial charge < -0.3 is 19.5 Å². The molecule has 0 aliphatic heterocycles. The number of nitrogens with one attached hydrogen (secondary N) is 1. The van der Waals surface area contributed by atoms with E-state index < -0.39 is 0 Å². The number of ether oxygens (including phenoxy) is 3. The van der Waals surface area contributed by atoms with Crippen LogP contribution in [0.1, 0.15) is 29.1 Å². The average Bonchev–Trinajstić information content (AvgIpc) is 2.99. The van der Waals surface area contributed by atoms with Gasteiger partial charge in [-0.1, -0.05) is 0 Å². The second-order valence-corrected chi connectivity index (χ2v) is 7.10. The van der Waals surface area contributed by atoms with Crippen LogP contribution in [-0.2, 0) is 4.74 Å². The normalized spacial score (nSPS) is 10.9. The van der Waals surface area contributed by atoms with Crippen molar-refractivity contribution in [2.75, 3.05) is 19.5 Å². The van der Waals surface area contributed by atoms with E-state index in [0.717, 1.165) is 16.6 Å². The average molecular weight is 387 g/mol. The lowest BCUT2D eigenvalue weighted by Gasteiger charge is -2.12. The fraction of sp³-hybridized carbons (Fsp3) is 0.316. The van der Waals surface area contributed by atoms with Crippen LogP contribution in [0.4, 0.5) is 11.5 Å². The SMILES string of the molecule is COc1ccc(Nc2ncnc3sc(C(=O)OC(C)C)c(C)c23)c(OC)c1. The number of esters is 1. The van der Waals surface area contributed by atoms with Crippen molar-refractivity contribution in [3.63, 3.8) is 0 Å². The van der Waals surface area contributed by atoms with Crippen molar-refractivity contribution in [1.82, 2.24) is 9.97 Å². The number of anilines is 2. The van der Waals surface area contributed by atoms with Gasteiger partial charge in [0.1, 0.15) is 33.4 Å². The highest BCUT2D eigenvalue weighted by Gasteiger charge is 2.21. The van der Waals surface area contributed by atoms with Gasteiger partial charge in [-0.05, 0) is 38.5 Å². The van der Waals surface area contributed by atoms with Crippen LogP contribution >= 0.6 is 11.3 Å². The molecule has 0 fully saturated rings. The van der Waals surface area contributed by atoms with Crippen LogP contribution in [0.5, 0.6) is 11.5 Å². The number of fused-ring (bicyclic) bond motifs is 1. The van der Waals surface area contributed by atoms with E-state index in [1.54, 1.807) is 20.3 Å². The first kappa shape index (κ1) is 18.9. The molecule has 3 aromatic rings. The summed E-state index contributed by atoms with van der Waals surface area (Å²) in [5.41, 5.74) is 1.52. The molecule has 0 atom stereocenters. The molecule has 0 saturated heterocycles. The van der Waals surface area contributed by atoms with E-state index in [9.17, 15) is 4.79 Å². The summed E-state index contributed by atoms with van der Waals surface area (Å²) >= 11 is 1.30. The minimum absolute atomic E-state index is 0.186. The van der Waals surface area contributed by atoms with Crippen LogP contribution in [-0.4, -0.2) is 36.3 Å². The molecule has 2 heterocycles. The van der Waals surface area contributed by atoms with Gasteiger partial charge >= 0.3 is 5.97 Å². The number of aryl methyl sites for hydroxylation is 1. The van der Waals surface area contributed by atoms with Crippen LogP contribution in [0, 0.1) is 6.92 Å². The maximum atomic E-state index is 12.4. The van der Waals surface area contributed by atoms with E-state index in [4.69, 9.17) is 14.2 Å². The third-order valence-electron chi connectivity index (χ3n) is 3.92. The molecule has 1 N–H and O–H groups in total. The Bertz CT molecular complexity index is 984. The Kier molecular flexibility index (Phi) is 5.46. The van der Waals surface area contributed by atoms with Crippen molar-refractivity contribution in [2.45, 2.75) is 26.9 Å². The summed E-state index contributed by atoms with van der Waals surface area (Å²) in [6.45, 7) is 5.52. The molecule has 0 radical (unpaired) electrons. The lowest BCUT2D eigenvalue weighted by atomic mass is 10.2. The Morgan fingerprint density at radius 1 is 1.19 bits per heavy atom. The van der Waals surface area contributed by atoms with Crippen molar-refractivity contribution in [3.8, 4) is 11.5 Å². The zero-order chi connectivity index (χ0) is 19.6. The standard InChI is InChI=1S/C19H21N3O4S/c1-10(2)26-19(23)16-11(3)15-17(20-9-21-18(15)27-16)22-13-7-6-12(24-4)8-14(13)25-5/h6-10H,1-5H3,(H,20,21,22). The van der Waals surface area contributed by atoms with Gasteiger partial charge in [-0.15, -0.1) is 11.3 Å². The molecule has 0 saturated carbocycles. The molecule has 1 aromatic carbocycles. The highest BCUT2D eigenvalue weighted by molar-refractivity contribution is 7.20. The first-order chi connectivity index (χ1) is 12.9. The number of benzene rings is 1. The summed E-state index contributed by atoms with van der Waals surface area (Å²) in [4.78, 5) is 22.3. The van der Waals surface area contributed by atoms with Crippen molar-refractivity contribution in [2.24, 2.45) is 0 Å². The number of methoxy groups -OCH3 is 2. The summed E-state index contributed by atoms with van der Waals surface area (Å²) in [7, 11) is 3.19. The maximum absolute atomic E-state index is 12.4. The molecule has 0 bridgehead atoms. The topological polar surface area (TPSA) is 82.6 Å². The Hall–Kier alpha value is -2.87. The Morgan fingerprint density at radius 2 is 1.96 bits per heavy atom. The number of carbonyl (C=O) groups is 1. The van der Waals surface area contributed by atoms with E-state index in [1.807, 2.05) is 32.9 Å². The number of carbonyl (C=O) groups excluding carboxylic acids is 1. The molecule has 0 unspecified atom stereocenters. The number of nitrogens with zero attached hydrogens (tertiary/aromatic N) is 2. The van der Waals surface area contributed by atoms with Crippen LogP contribution in [0.3, 0.4) is 0 Å². The summed E-state index contributed by atoms with van der Waals surface area (Å²) in [5.74, 6) is 1.56. The first-order valence-corrected chi connectivity index (χ1v) is 9.20. The molecule has 0 spiro atoms. The predicted octanol–water partition coefficient (Wildman–Crippen LogP) is 4.33. The number of rotatable bonds is 6. The van der Waals surface area contributed by atoms with Gasteiger partial charge in [-0.3, -0.25) is 0 Å². The zero-order valence-corrected chi connectivity index (χ0v) is 16.6. The number of aromatic nitrogens is 2. The van der Waals surface area contributed by atoms with Crippen molar-refractivity contribution < 1.29 is 19.0 Å². The second-order valence-electron chi connectivity index (χ2n) is 6.10. The molecule has 0 aliphatic carbocycles. The maximum Gasteiger partial charge on any atom is 0.348 e. The lowest BCUT2D eigenvalue weighted by Crippen LogP contribution is -2.11. The van der Waals surface area contributed by atoms with Gasteiger partial charge in [-0.25, -0.2) is 14.8 Å². The van der Waals surface area contributed by atoms with Gasteiger partial charge in [0.25, 0.3) is 0 Å². The van der Waals surface area contributed by atoms with Gasteiger partial charge in [0, 0.05) is 6.07 Å². The molecule has 0 aliphatic rings. The van der Waals surface area contributed by atoms with E-state index in [1.165, 1.54) is 17.7 Å². The van der Waals surface area contributed by atoms with Crippen molar-refractivity contribution in [1.29, 1.82) is 0 Å². The molecular weight excluding hydrogens is 366 g/mol. The van der Waals surface area contributed by atoms with Crippen LogP contribution in [0.2, 0.25) is 0 Å². The zero-order valence-electron chi connectivity index (χ0n) is 15.8. The number of hydrogen-bond acceptors (Lipinski definition) is 8. The monoisotopic (exact) mass is 387 g/mol. The summed E-state index contributed by atoms with van der Waals surface area (Å²) in [6, 6.07) is 5.46. The number of thiophene rings is 1. The number of hydrogen-bond donors (Lipinski definition) is 1. The lowest BCUT2D eigenvalue weighted by molar-refractivity contribution is 0.0383. The van der Waals surface area contributed by atoms with E-state index in [2.05, 4.69) is 15.3 Å². The second kappa shape index (κ2) is 7.79. The minimum atomic E-state index is -0.349. The van der Waals surface area contributed by atoms with Crippen LogP contribution in [0.15, 0.2) is 24.5 Å². The molecule has 142 valence electrons. The highest BCUT2D eigenvalue weighted by Crippen LogP contribution is 2.37. The quantitative estimate of drug-likeness (QED) is 0.631. The fourth-order valence-corrected chi connectivity index (χ4v) is 3.69. The largest absolute Gasteiger partial charge is 0.497 e. The van der Waals surface area contributed by atoms with Crippen molar-refractivity contribution >= 4 is 39.0 Å². The van der Waals surface area contributed by atoms with Gasteiger partial charge in [0.05, 0.1) is 31.4 Å². The Morgan fingerprint density at radius 3 is 2.63 bits per heavy atom. The fourth-order valence-electron chi connectivity index (χ4n) is 2.66. The minimum Gasteiger partial charge on any atom is -0.497 e. The van der Waals surface area contributed by atoms with Gasteiger partial charge in [0.2, 0.25) is 0 Å². The van der Waals surface area contributed by atoms with E-state index >= 15 is 0 Å². The van der Waals surface area contributed by atoms with E-state index in [0.29, 0.717) is 27.0 Å². The molecule has 3 rings (SSSR count).